The first-order chi connectivity index (χ1) is 14.6. The highest BCUT2D eigenvalue weighted by molar-refractivity contribution is 6.14. The molecule has 1 aliphatic rings. The Kier molecular flexibility index (Phi) is 6.39. The van der Waals surface area contributed by atoms with Gasteiger partial charge in [0.2, 0.25) is 5.78 Å². The van der Waals surface area contributed by atoms with Crippen molar-refractivity contribution < 1.29 is 28.9 Å². The molecule has 6 heteroatoms. The molecule has 0 saturated carbocycles. The number of hydrogen-bond donors (Lipinski definition) is 1. The number of carboxylic acid groups (broad SMARTS) is 1. The van der Waals surface area contributed by atoms with E-state index in [1.807, 2.05) is 26.0 Å². The summed E-state index contributed by atoms with van der Waals surface area (Å²) in [5.74, 6) is 0.692. The van der Waals surface area contributed by atoms with Crippen LogP contribution in [-0.4, -0.2) is 29.1 Å². The highest BCUT2D eigenvalue weighted by Crippen LogP contribution is 2.36. The highest BCUT2D eigenvalue weighted by Gasteiger charge is 2.31. The molecule has 2 aromatic rings. The normalized spacial score (nSPS) is 14.4. The molecule has 0 unspecified atom stereocenters. The van der Waals surface area contributed by atoms with Crippen molar-refractivity contribution in [3.63, 3.8) is 0 Å². The fraction of sp³-hybridized carbons (Fsp3) is 0.360. The van der Waals surface area contributed by atoms with E-state index in [1.54, 1.807) is 24.3 Å². The van der Waals surface area contributed by atoms with E-state index in [0.717, 1.165) is 29.5 Å². The van der Waals surface area contributed by atoms with E-state index in [4.69, 9.17) is 14.2 Å². The quantitative estimate of drug-likeness (QED) is 0.455. The van der Waals surface area contributed by atoms with Gasteiger partial charge in [0.15, 0.2) is 11.4 Å². The lowest BCUT2D eigenvalue weighted by Crippen LogP contribution is -2.38. The number of hydrogen-bond acceptors (Lipinski definition) is 5. The third kappa shape index (κ3) is 4.90. The standard InChI is InChI=1S/C25H28O6/c1-6-7-10-29-18-8-9-19-20(14-18)30-21(22(19)26)13-17-11-15(2)23(16(3)12-17)31-25(4,5)24(27)28/h8-9,11-14H,6-7,10H2,1-5H3,(H,27,28). The van der Waals surface area contributed by atoms with Gasteiger partial charge in [0, 0.05) is 6.07 Å². The van der Waals surface area contributed by atoms with E-state index in [1.165, 1.54) is 13.8 Å². The van der Waals surface area contributed by atoms with Crippen LogP contribution in [0.25, 0.3) is 6.08 Å². The number of ketones is 1. The van der Waals surface area contributed by atoms with E-state index in [9.17, 15) is 14.7 Å². The second kappa shape index (κ2) is 8.84. The maximum atomic E-state index is 12.7. The van der Waals surface area contributed by atoms with Gasteiger partial charge in [-0.3, -0.25) is 4.79 Å². The second-order valence-corrected chi connectivity index (χ2v) is 8.20. The zero-order valence-corrected chi connectivity index (χ0v) is 18.6. The number of ether oxygens (including phenoxy) is 3. The molecule has 0 amide bonds. The van der Waals surface area contributed by atoms with Crippen LogP contribution in [0, 0.1) is 13.8 Å². The first-order valence-corrected chi connectivity index (χ1v) is 10.4. The number of carboxylic acids is 1. The Morgan fingerprint density at radius 2 is 1.84 bits per heavy atom. The van der Waals surface area contributed by atoms with Gasteiger partial charge in [-0.2, -0.15) is 0 Å². The van der Waals surface area contributed by atoms with E-state index in [0.29, 0.717) is 29.4 Å². The van der Waals surface area contributed by atoms with Crippen molar-refractivity contribution in [2.24, 2.45) is 0 Å². The summed E-state index contributed by atoms with van der Waals surface area (Å²) in [7, 11) is 0. The lowest BCUT2D eigenvalue weighted by atomic mass is 10.0. The Balaban J connectivity index is 1.83. The average Bonchev–Trinajstić information content (AvgIpc) is 3.00. The minimum Gasteiger partial charge on any atom is -0.493 e. The van der Waals surface area contributed by atoms with Gasteiger partial charge < -0.3 is 19.3 Å². The summed E-state index contributed by atoms with van der Waals surface area (Å²) in [6.07, 6.45) is 3.69. The number of benzene rings is 2. The number of Topliss-reactive ketones (excluding diaryl/α,β-unsaturated/α-hetero) is 1. The zero-order chi connectivity index (χ0) is 22.8. The fourth-order valence-electron chi connectivity index (χ4n) is 3.27. The molecule has 0 aliphatic carbocycles. The molecule has 1 N–H and O–H groups in total. The summed E-state index contributed by atoms with van der Waals surface area (Å²) in [5, 5.41) is 9.33. The van der Waals surface area contributed by atoms with Crippen molar-refractivity contribution in [3.05, 3.63) is 58.3 Å². The van der Waals surface area contributed by atoms with E-state index in [2.05, 4.69) is 6.92 Å². The second-order valence-electron chi connectivity index (χ2n) is 8.20. The Morgan fingerprint density at radius 3 is 2.45 bits per heavy atom. The third-order valence-electron chi connectivity index (χ3n) is 5.06. The maximum Gasteiger partial charge on any atom is 0.347 e. The molecule has 1 heterocycles. The van der Waals surface area contributed by atoms with Crippen LogP contribution in [0.1, 0.15) is 60.7 Å². The fourth-order valence-corrected chi connectivity index (χ4v) is 3.27. The Hall–Kier alpha value is -3.28. The van der Waals surface area contributed by atoms with Crippen molar-refractivity contribution in [2.75, 3.05) is 6.61 Å². The van der Waals surface area contributed by atoms with Crippen LogP contribution >= 0.6 is 0 Å². The molecule has 0 saturated heterocycles. The van der Waals surface area contributed by atoms with Crippen molar-refractivity contribution in [1.29, 1.82) is 0 Å². The predicted octanol–water partition coefficient (Wildman–Crippen LogP) is 5.34. The van der Waals surface area contributed by atoms with Crippen LogP contribution in [-0.2, 0) is 4.79 Å². The maximum absolute atomic E-state index is 12.7. The summed E-state index contributed by atoms with van der Waals surface area (Å²) in [4.78, 5) is 24.1. The van der Waals surface area contributed by atoms with E-state index in [-0.39, 0.29) is 11.5 Å². The SMILES string of the molecule is CCCCOc1ccc2c(c1)OC(=Cc1cc(C)c(OC(C)(C)C(=O)O)c(C)c1)C2=O. The van der Waals surface area contributed by atoms with Gasteiger partial charge in [-0.1, -0.05) is 13.3 Å². The van der Waals surface area contributed by atoms with Gasteiger partial charge in [-0.15, -0.1) is 0 Å². The predicted molar refractivity (Wildman–Crippen MR) is 118 cm³/mol. The molecule has 0 spiro atoms. The summed E-state index contributed by atoms with van der Waals surface area (Å²) >= 11 is 0. The molecule has 6 nitrogen and oxygen atoms in total. The van der Waals surface area contributed by atoms with Crippen LogP contribution in [0.15, 0.2) is 36.1 Å². The lowest BCUT2D eigenvalue weighted by Gasteiger charge is -2.24. The number of aliphatic carboxylic acids is 1. The van der Waals surface area contributed by atoms with Crippen LogP contribution in [0.4, 0.5) is 0 Å². The summed E-state index contributed by atoms with van der Waals surface area (Å²) in [6, 6.07) is 8.92. The van der Waals surface area contributed by atoms with Crippen LogP contribution in [0.3, 0.4) is 0 Å². The Morgan fingerprint density at radius 1 is 1.16 bits per heavy atom. The molecule has 0 radical (unpaired) electrons. The molecule has 31 heavy (non-hydrogen) atoms. The van der Waals surface area contributed by atoms with Gasteiger partial charge in [-0.25, -0.2) is 4.79 Å². The van der Waals surface area contributed by atoms with Crippen LogP contribution in [0.5, 0.6) is 17.2 Å². The lowest BCUT2D eigenvalue weighted by molar-refractivity contribution is -0.152. The molecule has 0 bridgehead atoms. The third-order valence-corrected chi connectivity index (χ3v) is 5.06. The Bertz CT molecular complexity index is 1020. The number of unbranched alkanes of at least 4 members (excludes halogenated alkanes) is 1. The molecule has 0 aromatic heterocycles. The van der Waals surface area contributed by atoms with Crippen molar-refractivity contribution in [1.82, 2.24) is 0 Å². The summed E-state index contributed by atoms with van der Waals surface area (Å²) < 4.78 is 17.3. The molecular formula is C25H28O6. The Labute approximate surface area is 182 Å². The van der Waals surface area contributed by atoms with Gasteiger partial charge in [0.25, 0.3) is 0 Å². The van der Waals surface area contributed by atoms with Crippen molar-refractivity contribution in [2.45, 2.75) is 53.1 Å². The largest absolute Gasteiger partial charge is 0.493 e. The molecule has 3 rings (SSSR count). The van der Waals surface area contributed by atoms with Crippen LogP contribution < -0.4 is 14.2 Å². The average molecular weight is 424 g/mol. The van der Waals surface area contributed by atoms with Gasteiger partial charge in [0.1, 0.15) is 17.2 Å². The number of rotatable bonds is 8. The van der Waals surface area contributed by atoms with Gasteiger partial charge >= 0.3 is 5.97 Å². The molecule has 0 fully saturated rings. The van der Waals surface area contributed by atoms with Crippen molar-refractivity contribution >= 4 is 17.8 Å². The first kappa shape index (κ1) is 22.4. The number of fused-ring (bicyclic) bond motifs is 1. The first-order valence-electron chi connectivity index (χ1n) is 10.4. The molecule has 2 aromatic carbocycles. The number of aryl methyl sites for hydroxylation is 2. The number of carbonyl (C=O) groups excluding carboxylic acids is 1. The molecule has 0 atom stereocenters. The van der Waals surface area contributed by atoms with Crippen LogP contribution in [0.2, 0.25) is 0 Å². The highest BCUT2D eigenvalue weighted by atomic mass is 16.5. The van der Waals surface area contributed by atoms with E-state index >= 15 is 0 Å². The van der Waals surface area contributed by atoms with Gasteiger partial charge in [-0.05, 0) is 81.1 Å². The summed E-state index contributed by atoms with van der Waals surface area (Å²) in [5.41, 5.74) is 1.47. The topological polar surface area (TPSA) is 82.1 Å². The smallest absolute Gasteiger partial charge is 0.347 e. The molecule has 1 aliphatic heterocycles. The van der Waals surface area contributed by atoms with Gasteiger partial charge in [0.05, 0.1) is 12.2 Å². The number of carbonyl (C=O) groups is 2. The summed E-state index contributed by atoms with van der Waals surface area (Å²) in [6.45, 7) is 9.42. The monoisotopic (exact) mass is 424 g/mol. The van der Waals surface area contributed by atoms with Crippen molar-refractivity contribution in [3.8, 4) is 17.2 Å². The number of allylic oxidation sites excluding steroid dienone is 1. The van der Waals surface area contributed by atoms with E-state index < -0.39 is 11.6 Å². The molecule has 164 valence electrons. The zero-order valence-electron chi connectivity index (χ0n) is 18.6. The minimum atomic E-state index is -1.35. The minimum absolute atomic E-state index is 0.183. The molecular weight excluding hydrogens is 396 g/mol.